The summed E-state index contributed by atoms with van der Waals surface area (Å²) in [6.45, 7) is 10.1. The second kappa shape index (κ2) is 10.0. The van der Waals surface area contributed by atoms with Crippen LogP contribution in [-0.2, 0) is 4.79 Å². The standard InChI is InChI=1S/C22H29N5O2/c1-4-6-7-8-17(3)19-9-14-24-27(19)21(28)18-11-15-26(16-12-18)22-23-13-10-20(25-22)29-5-2/h4,6-8,10,13-14,18-19H,3,5,9,11-12,15-16H2,1-2H3/b6-4-,8-7-/t19-/m0/s1. The molecule has 1 aromatic rings. The zero-order chi connectivity index (χ0) is 20.6. The lowest BCUT2D eigenvalue weighted by atomic mass is 9.94. The van der Waals surface area contributed by atoms with Crippen LogP contribution in [0.3, 0.4) is 0 Å². The van der Waals surface area contributed by atoms with E-state index >= 15 is 0 Å². The second-order valence-corrected chi connectivity index (χ2v) is 7.08. The van der Waals surface area contributed by atoms with Crippen LogP contribution < -0.4 is 9.64 Å². The summed E-state index contributed by atoms with van der Waals surface area (Å²) in [6.07, 6.45) is 13.5. The molecular formula is C22H29N5O2. The van der Waals surface area contributed by atoms with Gasteiger partial charge in [0.15, 0.2) is 0 Å². The number of allylic oxidation sites excluding steroid dienone is 3. The highest BCUT2D eigenvalue weighted by Gasteiger charge is 2.35. The number of aromatic nitrogens is 2. The molecule has 1 aromatic heterocycles. The van der Waals surface area contributed by atoms with Gasteiger partial charge in [0.2, 0.25) is 17.7 Å². The largest absolute Gasteiger partial charge is 0.478 e. The highest BCUT2D eigenvalue weighted by atomic mass is 16.5. The summed E-state index contributed by atoms with van der Waals surface area (Å²) in [5.41, 5.74) is 0.896. The molecule has 3 rings (SSSR count). The molecule has 0 spiro atoms. The van der Waals surface area contributed by atoms with Gasteiger partial charge in [0, 0.05) is 43.9 Å². The summed E-state index contributed by atoms with van der Waals surface area (Å²) < 4.78 is 5.46. The fraction of sp³-hybridized carbons (Fsp3) is 0.455. The summed E-state index contributed by atoms with van der Waals surface area (Å²) in [5.74, 6) is 1.26. The van der Waals surface area contributed by atoms with Crippen LogP contribution >= 0.6 is 0 Å². The average molecular weight is 396 g/mol. The van der Waals surface area contributed by atoms with Gasteiger partial charge in [0.25, 0.3) is 0 Å². The Morgan fingerprint density at radius 2 is 2.14 bits per heavy atom. The topological polar surface area (TPSA) is 70.9 Å². The molecule has 3 heterocycles. The number of amides is 1. The number of carbonyl (C=O) groups excluding carboxylic acids is 1. The van der Waals surface area contributed by atoms with Gasteiger partial charge >= 0.3 is 0 Å². The lowest BCUT2D eigenvalue weighted by molar-refractivity contribution is -0.137. The van der Waals surface area contributed by atoms with Crippen LogP contribution in [0.1, 0.15) is 33.1 Å². The van der Waals surface area contributed by atoms with Crippen LogP contribution in [0.2, 0.25) is 0 Å². The number of ether oxygens (including phenoxy) is 1. The van der Waals surface area contributed by atoms with Crippen LogP contribution in [0, 0.1) is 5.92 Å². The first-order valence-corrected chi connectivity index (χ1v) is 10.2. The van der Waals surface area contributed by atoms with Crippen molar-refractivity contribution in [1.82, 2.24) is 15.0 Å². The normalized spacial score (nSPS) is 20.1. The van der Waals surface area contributed by atoms with Crippen molar-refractivity contribution in [3.8, 4) is 5.88 Å². The Bertz CT molecular complexity index is 809. The first-order chi connectivity index (χ1) is 14.1. The van der Waals surface area contributed by atoms with Crippen molar-refractivity contribution in [3.63, 3.8) is 0 Å². The molecule has 1 amide bonds. The molecule has 0 aliphatic carbocycles. The van der Waals surface area contributed by atoms with Gasteiger partial charge in [0.05, 0.1) is 12.6 Å². The minimum Gasteiger partial charge on any atom is -0.478 e. The molecule has 29 heavy (non-hydrogen) atoms. The van der Waals surface area contributed by atoms with Gasteiger partial charge in [-0.25, -0.2) is 9.99 Å². The summed E-state index contributed by atoms with van der Waals surface area (Å²) in [7, 11) is 0. The van der Waals surface area contributed by atoms with Crippen molar-refractivity contribution in [2.24, 2.45) is 11.0 Å². The zero-order valence-corrected chi connectivity index (χ0v) is 17.2. The summed E-state index contributed by atoms with van der Waals surface area (Å²) in [6, 6.07) is 1.67. The van der Waals surface area contributed by atoms with Gasteiger partial charge < -0.3 is 9.64 Å². The molecule has 154 valence electrons. The predicted molar refractivity (Wildman–Crippen MR) is 115 cm³/mol. The van der Waals surface area contributed by atoms with Crippen molar-refractivity contribution in [2.75, 3.05) is 24.6 Å². The maximum absolute atomic E-state index is 13.1. The molecule has 0 saturated carbocycles. The summed E-state index contributed by atoms with van der Waals surface area (Å²) in [5, 5.41) is 5.96. The van der Waals surface area contributed by atoms with E-state index in [9.17, 15) is 4.79 Å². The number of rotatable bonds is 7. The fourth-order valence-corrected chi connectivity index (χ4v) is 3.56. The molecule has 0 bridgehead atoms. The van der Waals surface area contributed by atoms with E-state index in [1.54, 1.807) is 23.5 Å². The molecule has 1 saturated heterocycles. The molecule has 0 unspecified atom stereocenters. The van der Waals surface area contributed by atoms with Gasteiger partial charge in [0.1, 0.15) is 0 Å². The van der Waals surface area contributed by atoms with Crippen molar-refractivity contribution in [3.05, 3.63) is 48.7 Å². The molecule has 2 aliphatic heterocycles. The third-order valence-electron chi connectivity index (χ3n) is 5.13. The smallest absolute Gasteiger partial charge is 0.246 e. The number of carbonyl (C=O) groups is 1. The van der Waals surface area contributed by atoms with Gasteiger partial charge in [-0.15, -0.1) is 0 Å². The monoisotopic (exact) mass is 395 g/mol. The molecular weight excluding hydrogens is 366 g/mol. The summed E-state index contributed by atoms with van der Waals surface area (Å²) in [4.78, 5) is 24.0. The van der Waals surface area contributed by atoms with Crippen molar-refractivity contribution >= 4 is 18.1 Å². The van der Waals surface area contributed by atoms with E-state index in [2.05, 4.69) is 26.5 Å². The maximum Gasteiger partial charge on any atom is 0.246 e. The van der Waals surface area contributed by atoms with Gasteiger partial charge in [-0.2, -0.15) is 10.1 Å². The molecule has 0 radical (unpaired) electrons. The Morgan fingerprint density at radius 1 is 1.34 bits per heavy atom. The Labute approximate surface area is 172 Å². The second-order valence-electron chi connectivity index (χ2n) is 7.08. The first kappa shape index (κ1) is 20.8. The van der Waals surface area contributed by atoms with Crippen molar-refractivity contribution in [1.29, 1.82) is 0 Å². The highest BCUT2D eigenvalue weighted by molar-refractivity contribution is 5.82. The Kier molecular flexibility index (Phi) is 7.16. The molecule has 7 heteroatoms. The zero-order valence-electron chi connectivity index (χ0n) is 17.2. The Balaban J connectivity index is 1.58. The molecule has 2 aliphatic rings. The maximum atomic E-state index is 13.1. The number of hydrogen-bond donors (Lipinski definition) is 0. The molecule has 7 nitrogen and oxygen atoms in total. The lowest BCUT2D eigenvalue weighted by Crippen LogP contribution is -2.43. The lowest BCUT2D eigenvalue weighted by Gasteiger charge is -2.33. The van der Waals surface area contributed by atoms with Crippen LogP contribution in [0.5, 0.6) is 5.88 Å². The first-order valence-electron chi connectivity index (χ1n) is 10.2. The van der Waals surface area contributed by atoms with Crippen LogP contribution in [-0.4, -0.2) is 52.8 Å². The van der Waals surface area contributed by atoms with Gasteiger partial charge in [-0.3, -0.25) is 4.79 Å². The van der Waals surface area contributed by atoms with Crippen LogP contribution in [0.15, 0.2) is 53.8 Å². The van der Waals surface area contributed by atoms with E-state index in [1.165, 1.54) is 0 Å². The quantitative estimate of drug-likeness (QED) is 0.662. The Morgan fingerprint density at radius 3 is 2.86 bits per heavy atom. The van der Waals surface area contributed by atoms with E-state index in [-0.39, 0.29) is 17.9 Å². The van der Waals surface area contributed by atoms with E-state index in [4.69, 9.17) is 4.74 Å². The minimum absolute atomic E-state index is 0.0496. The molecule has 1 atom stereocenters. The fourth-order valence-electron chi connectivity index (χ4n) is 3.56. The van der Waals surface area contributed by atoms with E-state index in [1.807, 2.05) is 38.2 Å². The number of anilines is 1. The third kappa shape index (κ3) is 5.10. The predicted octanol–water partition coefficient (Wildman–Crippen LogP) is 3.37. The molecule has 0 aromatic carbocycles. The average Bonchev–Trinajstić information content (AvgIpc) is 3.24. The number of piperidine rings is 1. The number of nitrogens with zero attached hydrogens (tertiary/aromatic N) is 5. The van der Waals surface area contributed by atoms with Gasteiger partial charge in [-0.1, -0.05) is 30.9 Å². The van der Waals surface area contributed by atoms with Crippen LogP contribution in [0.4, 0.5) is 5.95 Å². The number of hydrogen-bond acceptors (Lipinski definition) is 6. The third-order valence-corrected chi connectivity index (χ3v) is 5.13. The van der Waals surface area contributed by atoms with E-state index < -0.39 is 0 Å². The molecule has 1 fully saturated rings. The minimum atomic E-state index is -0.0896. The number of hydrazone groups is 1. The van der Waals surface area contributed by atoms with Gasteiger partial charge in [-0.05, 0) is 32.3 Å². The SMILES string of the molecule is C=C(/C=C\C=C/C)[C@@H]1CC=NN1C(=O)C1CCN(c2nccc(OCC)n2)CC1. The van der Waals surface area contributed by atoms with Crippen LogP contribution in [0.25, 0.3) is 0 Å². The van der Waals surface area contributed by atoms with Crippen molar-refractivity contribution < 1.29 is 9.53 Å². The summed E-state index contributed by atoms with van der Waals surface area (Å²) >= 11 is 0. The highest BCUT2D eigenvalue weighted by Crippen LogP contribution is 2.27. The Hall–Kier alpha value is -2.96. The van der Waals surface area contributed by atoms with E-state index in [0.717, 1.165) is 31.5 Å². The van der Waals surface area contributed by atoms with Crippen molar-refractivity contribution in [2.45, 2.75) is 39.2 Å². The molecule has 0 N–H and O–H groups in total. The van der Waals surface area contributed by atoms with E-state index in [0.29, 0.717) is 24.9 Å².